The highest BCUT2D eigenvalue weighted by molar-refractivity contribution is 7.16. The summed E-state index contributed by atoms with van der Waals surface area (Å²) in [4.78, 5) is 26.6. The van der Waals surface area contributed by atoms with Gasteiger partial charge in [0.2, 0.25) is 5.91 Å². The SMILES string of the molecule is C[C@@H](C(=O)NC1CC1)N1CCN(c2ncnc3sccc23)CC1. The number of amides is 1. The fourth-order valence-electron chi connectivity index (χ4n) is 3.07. The number of thiophene rings is 1. The van der Waals surface area contributed by atoms with E-state index in [0.717, 1.165) is 55.1 Å². The van der Waals surface area contributed by atoms with Crippen molar-refractivity contribution in [3.63, 3.8) is 0 Å². The Hall–Kier alpha value is -1.73. The first kappa shape index (κ1) is 14.8. The summed E-state index contributed by atoms with van der Waals surface area (Å²) in [6, 6.07) is 2.47. The molecule has 3 heterocycles. The Kier molecular flexibility index (Phi) is 3.90. The minimum atomic E-state index is -0.0516. The van der Waals surface area contributed by atoms with Gasteiger partial charge < -0.3 is 10.2 Å². The van der Waals surface area contributed by atoms with E-state index >= 15 is 0 Å². The van der Waals surface area contributed by atoms with Gasteiger partial charge in [-0.2, -0.15) is 0 Å². The molecular weight excluding hydrogens is 310 g/mol. The quantitative estimate of drug-likeness (QED) is 0.919. The van der Waals surface area contributed by atoms with Gasteiger partial charge in [-0.1, -0.05) is 0 Å². The molecular formula is C16H21N5OS. The topological polar surface area (TPSA) is 61.4 Å². The zero-order valence-electron chi connectivity index (χ0n) is 13.2. The van der Waals surface area contributed by atoms with Crippen LogP contribution in [-0.4, -0.2) is 59.0 Å². The molecule has 2 aromatic rings. The van der Waals surface area contributed by atoms with Gasteiger partial charge in [0.05, 0.1) is 11.4 Å². The molecule has 0 radical (unpaired) electrons. The van der Waals surface area contributed by atoms with Crippen LogP contribution in [0.5, 0.6) is 0 Å². The number of anilines is 1. The second kappa shape index (κ2) is 6.05. The molecule has 1 aliphatic carbocycles. The summed E-state index contributed by atoms with van der Waals surface area (Å²) in [6.07, 6.45) is 3.92. The average molecular weight is 331 g/mol. The molecule has 2 aliphatic rings. The van der Waals surface area contributed by atoms with Gasteiger partial charge >= 0.3 is 0 Å². The summed E-state index contributed by atoms with van der Waals surface area (Å²) < 4.78 is 0. The van der Waals surface area contributed by atoms with Crippen molar-refractivity contribution >= 4 is 33.3 Å². The maximum absolute atomic E-state index is 12.2. The predicted molar refractivity (Wildman–Crippen MR) is 91.8 cm³/mol. The number of hydrogen-bond acceptors (Lipinski definition) is 6. The molecule has 1 atom stereocenters. The van der Waals surface area contributed by atoms with E-state index in [0.29, 0.717) is 6.04 Å². The maximum Gasteiger partial charge on any atom is 0.237 e. The molecule has 0 unspecified atom stereocenters. The van der Waals surface area contributed by atoms with Crippen molar-refractivity contribution in [3.8, 4) is 0 Å². The molecule has 2 aromatic heterocycles. The average Bonchev–Trinajstić information content (AvgIpc) is 3.26. The first-order chi connectivity index (χ1) is 11.2. The first-order valence-electron chi connectivity index (χ1n) is 8.20. The molecule has 7 heteroatoms. The van der Waals surface area contributed by atoms with Crippen molar-refractivity contribution in [2.24, 2.45) is 0 Å². The van der Waals surface area contributed by atoms with Crippen LogP contribution in [0.2, 0.25) is 0 Å². The molecule has 0 aromatic carbocycles. The largest absolute Gasteiger partial charge is 0.353 e. The molecule has 0 spiro atoms. The van der Waals surface area contributed by atoms with Crippen LogP contribution in [0.3, 0.4) is 0 Å². The van der Waals surface area contributed by atoms with E-state index in [1.165, 1.54) is 0 Å². The van der Waals surface area contributed by atoms with Gasteiger partial charge in [-0.3, -0.25) is 9.69 Å². The molecule has 2 fully saturated rings. The van der Waals surface area contributed by atoms with Crippen molar-refractivity contribution in [1.82, 2.24) is 20.2 Å². The number of rotatable bonds is 4. The van der Waals surface area contributed by atoms with E-state index in [1.807, 2.05) is 6.92 Å². The third kappa shape index (κ3) is 3.03. The van der Waals surface area contributed by atoms with Crippen molar-refractivity contribution in [1.29, 1.82) is 0 Å². The summed E-state index contributed by atoms with van der Waals surface area (Å²) >= 11 is 1.65. The van der Waals surface area contributed by atoms with E-state index in [4.69, 9.17) is 0 Å². The van der Waals surface area contributed by atoms with Crippen LogP contribution in [0.25, 0.3) is 10.2 Å². The van der Waals surface area contributed by atoms with E-state index in [2.05, 4.69) is 36.5 Å². The molecule has 23 heavy (non-hydrogen) atoms. The van der Waals surface area contributed by atoms with Crippen LogP contribution in [0, 0.1) is 0 Å². The number of carbonyl (C=O) groups is 1. The Labute approximate surface area is 139 Å². The van der Waals surface area contributed by atoms with Crippen molar-refractivity contribution < 1.29 is 4.79 Å². The van der Waals surface area contributed by atoms with Crippen LogP contribution < -0.4 is 10.2 Å². The molecule has 1 N–H and O–H groups in total. The Morgan fingerprint density at radius 3 is 2.83 bits per heavy atom. The maximum atomic E-state index is 12.2. The van der Waals surface area contributed by atoms with Gasteiger partial charge in [0.1, 0.15) is 17.0 Å². The number of nitrogens with one attached hydrogen (secondary N) is 1. The lowest BCUT2D eigenvalue weighted by Crippen LogP contribution is -2.54. The highest BCUT2D eigenvalue weighted by Crippen LogP contribution is 2.27. The molecule has 0 bridgehead atoms. The Bertz CT molecular complexity index is 705. The van der Waals surface area contributed by atoms with Gasteiger partial charge in [0.15, 0.2) is 0 Å². The zero-order valence-corrected chi connectivity index (χ0v) is 14.1. The van der Waals surface area contributed by atoms with Crippen LogP contribution in [0.4, 0.5) is 5.82 Å². The van der Waals surface area contributed by atoms with Crippen LogP contribution in [0.15, 0.2) is 17.8 Å². The summed E-state index contributed by atoms with van der Waals surface area (Å²) in [6.45, 7) is 5.56. The number of nitrogens with zero attached hydrogens (tertiary/aromatic N) is 4. The number of carbonyl (C=O) groups excluding carboxylic acids is 1. The Morgan fingerprint density at radius 2 is 2.09 bits per heavy atom. The standard InChI is InChI=1S/C16H21N5OS/c1-11(15(22)19-12-2-3-12)20-5-7-21(8-6-20)14-13-4-9-23-16(13)18-10-17-14/h4,9-12H,2-3,5-8H2,1H3,(H,19,22)/t11-/m0/s1. The minimum Gasteiger partial charge on any atom is -0.353 e. The second-order valence-electron chi connectivity index (χ2n) is 6.32. The van der Waals surface area contributed by atoms with Gasteiger partial charge in [-0.15, -0.1) is 11.3 Å². The second-order valence-corrected chi connectivity index (χ2v) is 7.21. The third-order valence-electron chi connectivity index (χ3n) is 4.71. The number of piperazine rings is 1. The van der Waals surface area contributed by atoms with Crippen LogP contribution in [0.1, 0.15) is 19.8 Å². The molecule has 1 aliphatic heterocycles. The Morgan fingerprint density at radius 1 is 1.30 bits per heavy atom. The molecule has 1 amide bonds. The summed E-state index contributed by atoms with van der Waals surface area (Å²) in [5, 5.41) is 6.29. The summed E-state index contributed by atoms with van der Waals surface area (Å²) in [7, 11) is 0. The molecule has 122 valence electrons. The van der Waals surface area contributed by atoms with Crippen molar-refractivity contribution in [3.05, 3.63) is 17.8 Å². The number of aromatic nitrogens is 2. The molecule has 4 rings (SSSR count). The lowest BCUT2D eigenvalue weighted by atomic mass is 10.2. The van der Waals surface area contributed by atoms with Gasteiger partial charge in [-0.05, 0) is 31.2 Å². The molecule has 6 nitrogen and oxygen atoms in total. The van der Waals surface area contributed by atoms with Crippen LogP contribution >= 0.6 is 11.3 Å². The fraction of sp³-hybridized carbons (Fsp3) is 0.562. The van der Waals surface area contributed by atoms with E-state index < -0.39 is 0 Å². The van der Waals surface area contributed by atoms with Crippen molar-refractivity contribution in [2.45, 2.75) is 31.8 Å². The number of fused-ring (bicyclic) bond motifs is 1. The van der Waals surface area contributed by atoms with Gasteiger partial charge in [0, 0.05) is 32.2 Å². The summed E-state index contributed by atoms with van der Waals surface area (Å²) in [5.74, 6) is 1.19. The molecule has 1 saturated carbocycles. The van der Waals surface area contributed by atoms with E-state index in [-0.39, 0.29) is 11.9 Å². The fourth-order valence-corrected chi connectivity index (χ4v) is 3.79. The number of hydrogen-bond donors (Lipinski definition) is 1. The normalized spacial score (nSPS) is 20.7. The smallest absolute Gasteiger partial charge is 0.237 e. The third-order valence-corrected chi connectivity index (χ3v) is 5.53. The van der Waals surface area contributed by atoms with E-state index in [1.54, 1.807) is 17.7 Å². The van der Waals surface area contributed by atoms with Crippen molar-refractivity contribution in [2.75, 3.05) is 31.1 Å². The van der Waals surface area contributed by atoms with Crippen LogP contribution in [-0.2, 0) is 4.79 Å². The Balaban J connectivity index is 1.40. The zero-order chi connectivity index (χ0) is 15.8. The predicted octanol–water partition coefficient (Wildman–Crippen LogP) is 1.48. The monoisotopic (exact) mass is 331 g/mol. The minimum absolute atomic E-state index is 0.0516. The van der Waals surface area contributed by atoms with E-state index in [9.17, 15) is 4.79 Å². The first-order valence-corrected chi connectivity index (χ1v) is 9.08. The highest BCUT2D eigenvalue weighted by Gasteiger charge is 2.30. The summed E-state index contributed by atoms with van der Waals surface area (Å²) in [5.41, 5.74) is 0. The van der Waals surface area contributed by atoms with Gasteiger partial charge in [0.25, 0.3) is 0 Å². The lowest BCUT2D eigenvalue weighted by Gasteiger charge is -2.38. The van der Waals surface area contributed by atoms with Gasteiger partial charge in [-0.25, -0.2) is 9.97 Å². The molecule has 1 saturated heterocycles. The lowest BCUT2D eigenvalue weighted by molar-refractivity contribution is -0.126. The highest BCUT2D eigenvalue weighted by atomic mass is 32.1.